The van der Waals surface area contributed by atoms with Gasteiger partial charge >= 0.3 is 5.97 Å². The smallest absolute Gasteiger partial charge is 0.303 e. The van der Waals surface area contributed by atoms with Gasteiger partial charge in [0, 0.05) is 25.8 Å². The number of hydrogen-bond donors (Lipinski definition) is 6. The molecule has 0 aliphatic carbocycles. The number of amides is 3. The number of nitrogens with zero attached hydrogens (tertiary/aromatic N) is 1. The predicted octanol–water partition coefficient (Wildman–Crippen LogP) is 9.49. The van der Waals surface area contributed by atoms with Gasteiger partial charge in [0.25, 0.3) is 0 Å². The maximum atomic E-state index is 14.1. The number of carboxylic acid groups (broad SMARTS) is 1. The van der Waals surface area contributed by atoms with E-state index in [0.29, 0.717) is 19.4 Å². The van der Waals surface area contributed by atoms with Crippen molar-refractivity contribution in [2.75, 3.05) is 13.2 Å². The third kappa shape index (κ3) is 27.5. The molecule has 1 heterocycles. The number of aliphatic hydroxyl groups is 3. The standard InChI is InChI=1S/C49H93N3O9/c1-5-7-9-11-13-15-17-19-20-21-22-24-26-28-30-34-43(55)52(36-31-29-27-25-23-18-16-14-12-10-8-6-2)49-45(47(59)46(58)41(38-53)61-49)51-48(60)40(37-39(3)4)50-42(54)33-32-35-44(56)57/h39-41,45-47,49,53,58-59H,5-38H2,1-4H3,(H,50,54)(H,51,60)(H,56,57)/t40-,41+,45+,46+,47+,49+/m0/s1. The zero-order chi connectivity index (χ0) is 45.1. The van der Waals surface area contributed by atoms with Crippen LogP contribution in [-0.4, -0.2) is 98.8 Å². The number of nitrogens with one attached hydrogen (secondary N) is 2. The minimum Gasteiger partial charge on any atom is -0.481 e. The van der Waals surface area contributed by atoms with Crippen LogP contribution >= 0.6 is 0 Å². The van der Waals surface area contributed by atoms with Crippen molar-refractivity contribution in [1.29, 1.82) is 0 Å². The molecule has 12 nitrogen and oxygen atoms in total. The average molecular weight is 868 g/mol. The van der Waals surface area contributed by atoms with Crippen LogP contribution in [0.1, 0.15) is 233 Å². The van der Waals surface area contributed by atoms with Gasteiger partial charge in [-0.15, -0.1) is 0 Å². The SMILES string of the molecule is CCCCCCCCCCCCCCCCCC(=O)N(CCCCCCCCCCCCCC)[C@@H]1O[C@H](CO)[C@@H](O)[C@H](O)[C@H]1NC(=O)[C@H](CC(C)C)NC(=O)CCCC(=O)O. The topological polar surface area (TPSA) is 186 Å². The fourth-order valence-corrected chi connectivity index (χ4v) is 8.46. The number of ether oxygens (including phenoxy) is 1. The Labute approximate surface area is 371 Å². The highest BCUT2D eigenvalue weighted by molar-refractivity contribution is 5.88. The normalized spacial score (nSPS) is 19.5. The van der Waals surface area contributed by atoms with Gasteiger partial charge in [0.15, 0.2) is 6.23 Å². The van der Waals surface area contributed by atoms with Crippen molar-refractivity contribution in [3.63, 3.8) is 0 Å². The summed E-state index contributed by atoms with van der Waals surface area (Å²) in [5, 5.41) is 47.1. The number of carbonyl (C=O) groups excluding carboxylic acids is 3. The van der Waals surface area contributed by atoms with Crippen LogP contribution in [0.3, 0.4) is 0 Å². The second-order valence-electron chi connectivity index (χ2n) is 18.4. The summed E-state index contributed by atoms with van der Waals surface area (Å²) in [5.74, 6) is -2.24. The molecule has 1 fully saturated rings. The summed E-state index contributed by atoms with van der Waals surface area (Å²) < 4.78 is 6.21. The van der Waals surface area contributed by atoms with E-state index in [1.54, 1.807) is 4.90 Å². The zero-order valence-corrected chi connectivity index (χ0v) is 39.4. The van der Waals surface area contributed by atoms with Gasteiger partial charge < -0.3 is 40.7 Å². The zero-order valence-electron chi connectivity index (χ0n) is 39.4. The van der Waals surface area contributed by atoms with Crippen LogP contribution in [0.15, 0.2) is 0 Å². The van der Waals surface area contributed by atoms with Gasteiger partial charge in [-0.2, -0.15) is 0 Å². The first-order valence-electron chi connectivity index (χ1n) is 25.2. The van der Waals surface area contributed by atoms with E-state index >= 15 is 0 Å². The Balaban J connectivity index is 2.94. The van der Waals surface area contributed by atoms with Crippen molar-refractivity contribution in [3.05, 3.63) is 0 Å². The van der Waals surface area contributed by atoms with Crippen molar-refractivity contribution < 1.29 is 44.3 Å². The molecule has 358 valence electrons. The molecule has 12 heteroatoms. The number of unbranched alkanes of at least 4 members (excludes halogenated alkanes) is 25. The quantitative estimate of drug-likeness (QED) is 0.0327. The maximum Gasteiger partial charge on any atom is 0.303 e. The summed E-state index contributed by atoms with van der Waals surface area (Å²) in [7, 11) is 0. The van der Waals surface area contributed by atoms with E-state index in [2.05, 4.69) is 24.5 Å². The van der Waals surface area contributed by atoms with Crippen molar-refractivity contribution in [3.8, 4) is 0 Å². The molecule has 0 aromatic rings. The van der Waals surface area contributed by atoms with Crippen LogP contribution in [0.5, 0.6) is 0 Å². The number of rotatable bonds is 40. The van der Waals surface area contributed by atoms with Gasteiger partial charge in [-0.25, -0.2) is 0 Å². The number of carbonyl (C=O) groups is 4. The molecule has 1 rings (SSSR count). The van der Waals surface area contributed by atoms with Gasteiger partial charge in [0.1, 0.15) is 30.4 Å². The number of hydrogen-bond acceptors (Lipinski definition) is 8. The summed E-state index contributed by atoms with van der Waals surface area (Å²) >= 11 is 0. The second-order valence-corrected chi connectivity index (χ2v) is 18.4. The number of aliphatic hydroxyl groups excluding tert-OH is 3. The minimum absolute atomic E-state index is 0.00142. The molecule has 6 atom stereocenters. The molecular weight excluding hydrogens is 775 g/mol. The molecular formula is C49H93N3O9. The largest absolute Gasteiger partial charge is 0.481 e. The molecule has 3 amide bonds. The summed E-state index contributed by atoms with van der Waals surface area (Å²) in [4.78, 5) is 53.3. The highest BCUT2D eigenvalue weighted by Crippen LogP contribution is 2.26. The monoisotopic (exact) mass is 868 g/mol. The third-order valence-electron chi connectivity index (χ3n) is 12.2. The lowest BCUT2D eigenvalue weighted by Crippen LogP contribution is -2.70. The first kappa shape index (κ1) is 56.7. The summed E-state index contributed by atoms with van der Waals surface area (Å²) in [6.07, 6.45) is 27.3. The van der Waals surface area contributed by atoms with E-state index in [4.69, 9.17) is 9.84 Å². The van der Waals surface area contributed by atoms with Crippen molar-refractivity contribution in [1.82, 2.24) is 15.5 Å². The van der Waals surface area contributed by atoms with Crippen LogP contribution in [0.25, 0.3) is 0 Å². The molecule has 61 heavy (non-hydrogen) atoms. The van der Waals surface area contributed by atoms with Crippen LogP contribution in [0, 0.1) is 5.92 Å². The van der Waals surface area contributed by atoms with Crippen molar-refractivity contribution in [2.45, 2.75) is 270 Å². The number of aliphatic carboxylic acids is 1. The van der Waals surface area contributed by atoms with E-state index in [9.17, 15) is 34.5 Å². The lowest BCUT2D eigenvalue weighted by Gasteiger charge is -2.47. The molecule has 0 saturated carbocycles. The lowest BCUT2D eigenvalue weighted by atomic mass is 9.93. The van der Waals surface area contributed by atoms with Gasteiger partial charge in [0.2, 0.25) is 17.7 Å². The fourth-order valence-electron chi connectivity index (χ4n) is 8.46. The van der Waals surface area contributed by atoms with Gasteiger partial charge in [0.05, 0.1) is 6.61 Å². The molecule has 0 spiro atoms. The molecule has 1 aliphatic rings. The molecule has 0 bridgehead atoms. The molecule has 0 radical (unpaired) electrons. The van der Waals surface area contributed by atoms with E-state index in [1.165, 1.54) is 122 Å². The van der Waals surface area contributed by atoms with Crippen molar-refractivity contribution in [2.24, 2.45) is 5.92 Å². The van der Waals surface area contributed by atoms with Crippen LogP contribution in [0.2, 0.25) is 0 Å². The Morgan fingerprint density at radius 1 is 0.590 bits per heavy atom. The highest BCUT2D eigenvalue weighted by atomic mass is 16.5. The first-order chi connectivity index (χ1) is 29.5. The molecule has 0 aromatic heterocycles. The molecule has 0 unspecified atom stereocenters. The lowest BCUT2D eigenvalue weighted by molar-refractivity contribution is -0.231. The third-order valence-corrected chi connectivity index (χ3v) is 12.2. The molecule has 0 aromatic carbocycles. The Bertz CT molecular complexity index is 1120. The van der Waals surface area contributed by atoms with Gasteiger partial charge in [-0.1, -0.05) is 188 Å². The molecule has 1 saturated heterocycles. The second kappa shape index (κ2) is 37.1. The Hall–Kier alpha value is -2.28. The highest BCUT2D eigenvalue weighted by Gasteiger charge is 2.48. The fraction of sp³-hybridized carbons (Fsp3) is 0.918. The Kier molecular flexibility index (Phi) is 34.5. The van der Waals surface area contributed by atoms with E-state index < -0.39 is 61.0 Å². The Morgan fingerprint density at radius 2 is 1.03 bits per heavy atom. The first-order valence-corrected chi connectivity index (χ1v) is 25.2. The van der Waals surface area contributed by atoms with Crippen LogP contribution < -0.4 is 10.6 Å². The van der Waals surface area contributed by atoms with Crippen LogP contribution in [0.4, 0.5) is 0 Å². The average Bonchev–Trinajstić information content (AvgIpc) is 3.22. The predicted molar refractivity (Wildman–Crippen MR) is 245 cm³/mol. The maximum absolute atomic E-state index is 14.1. The summed E-state index contributed by atoms with van der Waals surface area (Å²) in [5.41, 5.74) is 0. The van der Waals surface area contributed by atoms with Crippen molar-refractivity contribution >= 4 is 23.7 Å². The minimum atomic E-state index is -1.56. The van der Waals surface area contributed by atoms with Crippen LogP contribution in [-0.2, 0) is 23.9 Å². The van der Waals surface area contributed by atoms with Gasteiger partial charge in [-0.3, -0.25) is 19.2 Å². The van der Waals surface area contributed by atoms with E-state index in [-0.39, 0.29) is 43.9 Å². The summed E-state index contributed by atoms with van der Waals surface area (Å²) in [6.45, 7) is 8.05. The van der Waals surface area contributed by atoms with Gasteiger partial charge in [-0.05, 0) is 31.6 Å². The number of carboxylic acids is 1. The Morgan fingerprint density at radius 3 is 1.46 bits per heavy atom. The summed E-state index contributed by atoms with van der Waals surface area (Å²) in [6, 6.07) is -2.23. The van der Waals surface area contributed by atoms with E-state index in [1.807, 2.05) is 13.8 Å². The molecule has 1 aliphatic heterocycles. The van der Waals surface area contributed by atoms with E-state index in [0.717, 1.165) is 38.5 Å². The molecule has 6 N–H and O–H groups in total.